The minimum Gasteiger partial charge on any atom is -0.457 e. The number of aliphatic hydroxyl groups excluding tert-OH is 1. The molecular weight excluding hydrogens is 442 g/mol. The van der Waals surface area contributed by atoms with Crippen LogP contribution in [0.1, 0.15) is 40.0 Å². The summed E-state index contributed by atoms with van der Waals surface area (Å²) in [5, 5.41) is 11.9. The number of ether oxygens (including phenoxy) is 4. The van der Waals surface area contributed by atoms with Gasteiger partial charge >= 0.3 is 20.9 Å². The number of unbranched alkanes of at least 4 members (excludes halogenated alkanes) is 1. The Balaban J connectivity index is 4.23. The van der Waals surface area contributed by atoms with Crippen molar-refractivity contribution < 1.29 is 46.9 Å². The molecule has 1 amide bonds. The van der Waals surface area contributed by atoms with Crippen molar-refractivity contribution in [3.63, 3.8) is 0 Å². The van der Waals surface area contributed by atoms with Crippen molar-refractivity contribution >= 4 is 20.9 Å². The first-order valence-corrected chi connectivity index (χ1v) is 12.8. The number of hydrogen-bond acceptors (Lipinski definition) is 10. The highest BCUT2D eigenvalue weighted by Gasteiger charge is 2.37. The van der Waals surface area contributed by atoms with Crippen LogP contribution in [0, 0.1) is 0 Å². The number of hydrogen-bond donors (Lipinski definition) is 2. The van der Waals surface area contributed by atoms with E-state index < -0.39 is 39.7 Å². The monoisotopic (exact) mass is 483 g/mol. The number of esters is 1. The first-order chi connectivity index (χ1) is 15.3. The molecule has 0 aliphatic rings. The van der Waals surface area contributed by atoms with Crippen molar-refractivity contribution in [2.24, 2.45) is 0 Å². The summed E-state index contributed by atoms with van der Waals surface area (Å²) in [6.07, 6.45) is -0.449. The van der Waals surface area contributed by atoms with Crippen LogP contribution in [0.5, 0.6) is 0 Å². The third kappa shape index (κ3) is 13.3. The standard InChI is InChI=1S/C20H41NO10Si/c1-7-8-11-28-14-16(2)29-15-17(3)30-19(23)18(13-22)31-20(24)21-10-9-12-32(25-4,26-5)27-6/h16-18,22H,7-15H2,1-6H3,(H,21,24). The number of carbonyl (C=O) groups is 2. The molecule has 0 aromatic rings. The van der Waals surface area contributed by atoms with Gasteiger partial charge in [0.25, 0.3) is 0 Å². The maximum Gasteiger partial charge on any atom is 0.500 e. The van der Waals surface area contributed by atoms with Crippen LogP contribution < -0.4 is 5.32 Å². The third-order valence-corrected chi connectivity index (χ3v) is 7.30. The second-order valence-electron chi connectivity index (χ2n) is 7.22. The molecule has 0 aromatic carbocycles. The van der Waals surface area contributed by atoms with Crippen LogP contribution in [0.15, 0.2) is 0 Å². The molecule has 0 bridgehead atoms. The van der Waals surface area contributed by atoms with Crippen LogP contribution in [0.2, 0.25) is 6.04 Å². The van der Waals surface area contributed by atoms with Crippen molar-refractivity contribution in [2.75, 3.05) is 54.3 Å². The average molecular weight is 484 g/mol. The minimum absolute atomic E-state index is 0.151. The summed E-state index contributed by atoms with van der Waals surface area (Å²) in [5.41, 5.74) is 0. The molecule has 3 unspecified atom stereocenters. The zero-order valence-electron chi connectivity index (χ0n) is 20.2. The fraction of sp³-hybridized carbons (Fsp3) is 0.900. The van der Waals surface area contributed by atoms with Crippen molar-refractivity contribution in [1.29, 1.82) is 0 Å². The van der Waals surface area contributed by atoms with Crippen molar-refractivity contribution in [3.05, 3.63) is 0 Å². The third-order valence-electron chi connectivity index (χ3n) is 4.47. The quantitative estimate of drug-likeness (QED) is 0.158. The Kier molecular flexibility index (Phi) is 17.4. The summed E-state index contributed by atoms with van der Waals surface area (Å²) in [4.78, 5) is 24.1. The molecule has 190 valence electrons. The molecule has 3 atom stereocenters. The highest BCUT2D eigenvalue weighted by molar-refractivity contribution is 6.60. The van der Waals surface area contributed by atoms with Gasteiger partial charge in [0.15, 0.2) is 0 Å². The number of rotatable bonds is 19. The van der Waals surface area contributed by atoms with E-state index >= 15 is 0 Å². The molecule has 0 fully saturated rings. The molecule has 0 radical (unpaired) electrons. The Labute approximate surface area is 192 Å². The maximum atomic E-state index is 12.2. The van der Waals surface area contributed by atoms with E-state index in [2.05, 4.69) is 12.2 Å². The van der Waals surface area contributed by atoms with Gasteiger partial charge in [-0.3, -0.25) is 0 Å². The summed E-state index contributed by atoms with van der Waals surface area (Å²) in [7, 11) is 1.80. The van der Waals surface area contributed by atoms with E-state index in [4.69, 9.17) is 32.2 Å². The molecule has 0 spiro atoms. The highest BCUT2D eigenvalue weighted by Crippen LogP contribution is 2.14. The van der Waals surface area contributed by atoms with E-state index in [1.807, 2.05) is 6.92 Å². The van der Waals surface area contributed by atoms with Crippen LogP contribution in [-0.4, -0.2) is 98.6 Å². The number of amides is 1. The van der Waals surface area contributed by atoms with Crippen molar-refractivity contribution in [2.45, 2.75) is 64.4 Å². The molecule has 11 nitrogen and oxygen atoms in total. The van der Waals surface area contributed by atoms with Gasteiger partial charge in [0.05, 0.1) is 25.9 Å². The minimum atomic E-state index is -2.72. The van der Waals surface area contributed by atoms with E-state index in [-0.39, 0.29) is 19.3 Å². The predicted molar refractivity (Wildman–Crippen MR) is 118 cm³/mol. The van der Waals surface area contributed by atoms with Crippen molar-refractivity contribution in [3.8, 4) is 0 Å². The lowest BCUT2D eigenvalue weighted by Gasteiger charge is -2.24. The topological polar surface area (TPSA) is 131 Å². The van der Waals surface area contributed by atoms with Crippen LogP contribution in [0.25, 0.3) is 0 Å². The van der Waals surface area contributed by atoms with Gasteiger partial charge in [0.2, 0.25) is 6.10 Å². The van der Waals surface area contributed by atoms with Crippen LogP contribution >= 0.6 is 0 Å². The van der Waals surface area contributed by atoms with E-state index in [0.29, 0.717) is 25.7 Å². The Hall–Kier alpha value is -1.28. The first kappa shape index (κ1) is 30.7. The van der Waals surface area contributed by atoms with Gasteiger partial charge in [-0.25, -0.2) is 9.59 Å². The van der Waals surface area contributed by atoms with Crippen LogP contribution in [0.4, 0.5) is 4.79 Å². The lowest BCUT2D eigenvalue weighted by atomic mass is 10.3. The second kappa shape index (κ2) is 18.2. The van der Waals surface area contributed by atoms with Gasteiger partial charge in [0.1, 0.15) is 6.10 Å². The lowest BCUT2D eigenvalue weighted by molar-refractivity contribution is -0.164. The Morgan fingerprint density at radius 1 is 0.969 bits per heavy atom. The maximum absolute atomic E-state index is 12.2. The van der Waals surface area contributed by atoms with Gasteiger partial charge in [-0.15, -0.1) is 0 Å². The molecule has 0 saturated carbocycles. The van der Waals surface area contributed by atoms with Gasteiger partial charge in [-0.05, 0) is 26.7 Å². The summed E-state index contributed by atoms with van der Waals surface area (Å²) in [5.74, 6) is -0.852. The van der Waals surface area contributed by atoms with E-state index in [0.717, 1.165) is 12.8 Å². The molecule has 0 saturated heterocycles. The van der Waals surface area contributed by atoms with E-state index in [9.17, 15) is 14.7 Å². The molecule has 32 heavy (non-hydrogen) atoms. The van der Waals surface area contributed by atoms with Gasteiger partial charge in [-0.2, -0.15) is 0 Å². The first-order valence-electron chi connectivity index (χ1n) is 10.9. The zero-order valence-corrected chi connectivity index (χ0v) is 21.2. The Morgan fingerprint density at radius 2 is 1.62 bits per heavy atom. The van der Waals surface area contributed by atoms with E-state index in [1.54, 1.807) is 6.92 Å². The molecule has 0 aliphatic carbocycles. The molecule has 2 N–H and O–H groups in total. The van der Waals surface area contributed by atoms with Crippen molar-refractivity contribution in [1.82, 2.24) is 5.32 Å². The number of alkyl carbamates (subject to hydrolysis) is 1. The molecule has 12 heteroatoms. The Bertz CT molecular complexity index is 499. The lowest BCUT2D eigenvalue weighted by Crippen LogP contribution is -2.43. The molecular formula is C20H41NO10Si. The molecule has 0 aromatic heterocycles. The Morgan fingerprint density at radius 3 is 2.19 bits per heavy atom. The van der Waals surface area contributed by atoms with Gasteiger partial charge in [-0.1, -0.05) is 13.3 Å². The van der Waals surface area contributed by atoms with Gasteiger partial charge in [0, 0.05) is 40.5 Å². The summed E-state index contributed by atoms with van der Waals surface area (Å²) in [6.45, 7) is 6.43. The SMILES string of the molecule is CCCCOCC(C)OCC(C)OC(=O)C(CO)OC(=O)NCCC[Si](OC)(OC)OC. The summed E-state index contributed by atoms with van der Waals surface area (Å²) in [6, 6.07) is 0.488. The van der Waals surface area contributed by atoms with Crippen LogP contribution in [-0.2, 0) is 37.0 Å². The zero-order chi connectivity index (χ0) is 24.4. The number of carbonyl (C=O) groups excluding carboxylic acids is 2. The predicted octanol–water partition coefficient (Wildman–Crippen LogP) is 1.50. The van der Waals surface area contributed by atoms with Crippen LogP contribution in [0.3, 0.4) is 0 Å². The largest absolute Gasteiger partial charge is 0.500 e. The fourth-order valence-corrected chi connectivity index (χ4v) is 4.26. The number of aliphatic hydroxyl groups is 1. The fourth-order valence-electron chi connectivity index (χ4n) is 2.53. The number of nitrogens with one attached hydrogen (secondary N) is 1. The smallest absolute Gasteiger partial charge is 0.457 e. The van der Waals surface area contributed by atoms with E-state index in [1.165, 1.54) is 21.3 Å². The molecule has 0 aliphatic heterocycles. The summed E-state index contributed by atoms with van der Waals surface area (Å²) >= 11 is 0. The normalized spacial score (nSPS) is 14.5. The molecule has 0 rings (SSSR count). The summed E-state index contributed by atoms with van der Waals surface area (Å²) < 4.78 is 37.1. The highest BCUT2D eigenvalue weighted by atomic mass is 28.4. The van der Waals surface area contributed by atoms with Gasteiger partial charge < -0.3 is 42.6 Å². The molecule has 0 heterocycles. The average Bonchev–Trinajstić information content (AvgIpc) is 2.79. The second-order valence-corrected chi connectivity index (χ2v) is 10.3.